The molecule has 4 rings (SSSR count). The highest BCUT2D eigenvalue weighted by atomic mass is 16.6. The van der Waals surface area contributed by atoms with E-state index in [1.54, 1.807) is 12.1 Å². The number of hydrogen-bond acceptors (Lipinski definition) is 3. The van der Waals surface area contributed by atoms with Crippen LogP contribution in [-0.2, 0) is 4.74 Å². The maximum atomic E-state index is 12.2. The third-order valence-corrected chi connectivity index (χ3v) is 3.72. The van der Waals surface area contributed by atoms with Gasteiger partial charge in [0.25, 0.3) is 0 Å². The molecule has 0 aliphatic heterocycles. The molecule has 0 fully saturated rings. The average Bonchev–Trinajstić information content (AvgIpc) is 3.15. The molecule has 0 unspecified atom stereocenters. The molecular formula is C18H12O3. The molecule has 21 heavy (non-hydrogen) atoms. The lowest BCUT2D eigenvalue weighted by molar-refractivity contribution is 0.0349. The van der Waals surface area contributed by atoms with E-state index in [0.717, 1.165) is 22.3 Å². The van der Waals surface area contributed by atoms with Crippen molar-refractivity contribution in [3.8, 4) is 11.1 Å². The van der Waals surface area contributed by atoms with Gasteiger partial charge in [-0.05, 0) is 23.3 Å². The van der Waals surface area contributed by atoms with Crippen LogP contribution in [-0.4, -0.2) is 5.97 Å². The Morgan fingerprint density at radius 3 is 2.05 bits per heavy atom. The molecule has 3 aromatic rings. The molecule has 1 aromatic heterocycles. The Hall–Kier alpha value is -2.81. The summed E-state index contributed by atoms with van der Waals surface area (Å²) in [6.45, 7) is 0. The van der Waals surface area contributed by atoms with Crippen molar-refractivity contribution in [3.63, 3.8) is 0 Å². The molecule has 0 radical (unpaired) electrons. The first-order chi connectivity index (χ1) is 10.3. The van der Waals surface area contributed by atoms with Gasteiger partial charge in [-0.1, -0.05) is 48.5 Å². The Kier molecular flexibility index (Phi) is 2.64. The monoisotopic (exact) mass is 276 g/mol. The molecule has 0 spiro atoms. The Labute approximate surface area is 121 Å². The van der Waals surface area contributed by atoms with Gasteiger partial charge in [-0.25, -0.2) is 4.79 Å². The second-order valence-corrected chi connectivity index (χ2v) is 4.94. The molecule has 3 heteroatoms. The predicted molar refractivity (Wildman–Crippen MR) is 77.8 cm³/mol. The molecule has 1 heterocycles. The summed E-state index contributed by atoms with van der Waals surface area (Å²) in [5.74, 6) is -0.228. The molecular weight excluding hydrogens is 264 g/mol. The summed E-state index contributed by atoms with van der Waals surface area (Å²) in [7, 11) is 0. The molecule has 3 nitrogen and oxygen atoms in total. The molecule has 0 bridgehead atoms. The number of ether oxygens (including phenoxy) is 1. The first-order valence-electron chi connectivity index (χ1n) is 6.77. The van der Waals surface area contributed by atoms with E-state index in [4.69, 9.17) is 9.15 Å². The normalized spacial score (nSPS) is 12.8. The van der Waals surface area contributed by atoms with E-state index in [-0.39, 0.29) is 11.9 Å². The van der Waals surface area contributed by atoms with Crippen LogP contribution in [0.25, 0.3) is 11.1 Å². The Morgan fingerprint density at radius 1 is 0.857 bits per heavy atom. The molecule has 0 saturated carbocycles. The van der Waals surface area contributed by atoms with Gasteiger partial charge in [0, 0.05) is 11.1 Å². The maximum Gasteiger partial charge on any atom is 0.375 e. The zero-order chi connectivity index (χ0) is 14.2. The quantitative estimate of drug-likeness (QED) is 0.658. The van der Waals surface area contributed by atoms with Crippen LogP contribution in [0.1, 0.15) is 27.8 Å². The first kappa shape index (κ1) is 12.0. The van der Waals surface area contributed by atoms with Crippen molar-refractivity contribution in [1.82, 2.24) is 0 Å². The van der Waals surface area contributed by atoms with E-state index in [1.165, 1.54) is 6.26 Å². The van der Waals surface area contributed by atoms with Crippen LogP contribution < -0.4 is 0 Å². The molecule has 0 N–H and O–H groups in total. The fourth-order valence-electron chi connectivity index (χ4n) is 2.80. The van der Waals surface area contributed by atoms with Gasteiger partial charge in [0.15, 0.2) is 6.10 Å². The molecule has 102 valence electrons. The van der Waals surface area contributed by atoms with Gasteiger partial charge < -0.3 is 9.15 Å². The van der Waals surface area contributed by atoms with E-state index >= 15 is 0 Å². The fourth-order valence-corrected chi connectivity index (χ4v) is 2.80. The smallest absolute Gasteiger partial charge is 0.375 e. The van der Waals surface area contributed by atoms with Gasteiger partial charge in [0.1, 0.15) is 0 Å². The minimum absolute atomic E-state index is 0.219. The van der Waals surface area contributed by atoms with Crippen LogP contribution in [0.5, 0.6) is 0 Å². The number of fused-ring (bicyclic) bond motifs is 3. The summed E-state index contributed by atoms with van der Waals surface area (Å²) in [4.78, 5) is 12.2. The summed E-state index contributed by atoms with van der Waals surface area (Å²) in [6, 6.07) is 19.3. The van der Waals surface area contributed by atoms with Crippen molar-refractivity contribution in [2.75, 3.05) is 0 Å². The molecule has 1 aliphatic rings. The van der Waals surface area contributed by atoms with Crippen LogP contribution in [0.4, 0.5) is 0 Å². The number of furan rings is 1. The lowest BCUT2D eigenvalue weighted by atomic mass is 10.1. The third kappa shape index (κ3) is 1.86. The van der Waals surface area contributed by atoms with Gasteiger partial charge in [-0.2, -0.15) is 0 Å². The molecule has 2 aromatic carbocycles. The van der Waals surface area contributed by atoms with Gasteiger partial charge in [0.05, 0.1) is 6.26 Å². The average molecular weight is 276 g/mol. The van der Waals surface area contributed by atoms with Crippen LogP contribution in [0.2, 0.25) is 0 Å². The molecule has 1 aliphatic carbocycles. The lowest BCUT2D eigenvalue weighted by Gasteiger charge is -2.14. The van der Waals surface area contributed by atoms with Gasteiger partial charge >= 0.3 is 5.97 Å². The SMILES string of the molecule is O=C(OC1c2ccccc2-c2ccccc21)c1ccco1. The van der Waals surface area contributed by atoms with Crippen LogP contribution in [0.3, 0.4) is 0 Å². The highest BCUT2D eigenvalue weighted by molar-refractivity contribution is 5.88. The second-order valence-electron chi connectivity index (χ2n) is 4.94. The molecule has 0 saturated heterocycles. The highest BCUT2D eigenvalue weighted by Crippen LogP contribution is 2.45. The van der Waals surface area contributed by atoms with Gasteiger partial charge in [-0.3, -0.25) is 0 Å². The van der Waals surface area contributed by atoms with E-state index < -0.39 is 5.97 Å². The number of benzene rings is 2. The van der Waals surface area contributed by atoms with Crippen molar-refractivity contribution in [2.24, 2.45) is 0 Å². The first-order valence-corrected chi connectivity index (χ1v) is 6.77. The lowest BCUT2D eigenvalue weighted by Crippen LogP contribution is -2.10. The van der Waals surface area contributed by atoms with Crippen molar-refractivity contribution in [1.29, 1.82) is 0 Å². The number of carbonyl (C=O) groups excluding carboxylic acids is 1. The number of hydrogen-bond donors (Lipinski definition) is 0. The van der Waals surface area contributed by atoms with E-state index in [1.807, 2.05) is 36.4 Å². The fraction of sp³-hybridized carbons (Fsp3) is 0.0556. The summed E-state index contributed by atoms with van der Waals surface area (Å²) in [6.07, 6.45) is 1.09. The van der Waals surface area contributed by atoms with Gasteiger partial charge in [-0.15, -0.1) is 0 Å². The summed E-state index contributed by atoms with van der Waals surface area (Å²) < 4.78 is 10.8. The topological polar surface area (TPSA) is 39.4 Å². The van der Waals surface area contributed by atoms with E-state index in [2.05, 4.69) is 12.1 Å². The Balaban J connectivity index is 1.77. The maximum absolute atomic E-state index is 12.2. The molecule has 0 amide bonds. The van der Waals surface area contributed by atoms with Crippen molar-refractivity contribution < 1.29 is 13.9 Å². The third-order valence-electron chi connectivity index (χ3n) is 3.72. The Bertz CT molecular complexity index is 757. The number of esters is 1. The summed E-state index contributed by atoms with van der Waals surface area (Å²) in [5, 5.41) is 0. The standard InChI is InChI=1S/C18H12O3/c19-18(16-10-5-11-20-16)21-17-14-8-3-1-6-12(14)13-7-2-4-9-15(13)17/h1-11,17H. The highest BCUT2D eigenvalue weighted by Gasteiger charge is 2.31. The summed E-state index contributed by atoms with van der Waals surface area (Å²) >= 11 is 0. The second kappa shape index (κ2) is 4.63. The van der Waals surface area contributed by atoms with Crippen LogP contribution >= 0.6 is 0 Å². The minimum atomic E-state index is -0.448. The zero-order valence-electron chi connectivity index (χ0n) is 11.2. The van der Waals surface area contributed by atoms with E-state index in [0.29, 0.717) is 0 Å². The minimum Gasteiger partial charge on any atom is -0.457 e. The van der Waals surface area contributed by atoms with Crippen LogP contribution in [0.15, 0.2) is 71.3 Å². The van der Waals surface area contributed by atoms with Crippen LogP contribution in [0, 0.1) is 0 Å². The van der Waals surface area contributed by atoms with Crippen molar-refractivity contribution in [2.45, 2.75) is 6.10 Å². The number of rotatable bonds is 2. The van der Waals surface area contributed by atoms with Gasteiger partial charge in [0.2, 0.25) is 5.76 Å². The predicted octanol–water partition coefficient (Wildman–Crippen LogP) is 4.21. The Morgan fingerprint density at radius 2 is 1.48 bits per heavy atom. The molecule has 0 atom stereocenters. The van der Waals surface area contributed by atoms with Crippen molar-refractivity contribution >= 4 is 5.97 Å². The van der Waals surface area contributed by atoms with E-state index in [9.17, 15) is 4.79 Å². The number of carbonyl (C=O) groups is 1. The zero-order valence-corrected chi connectivity index (χ0v) is 11.2. The largest absolute Gasteiger partial charge is 0.457 e. The van der Waals surface area contributed by atoms with Crippen molar-refractivity contribution in [3.05, 3.63) is 83.8 Å². The summed E-state index contributed by atoms with van der Waals surface area (Å²) in [5.41, 5.74) is 4.26.